The summed E-state index contributed by atoms with van der Waals surface area (Å²) in [5.41, 5.74) is -0.363. The zero-order chi connectivity index (χ0) is 18.5. The van der Waals surface area contributed by atoms with E-state index in [1.54, 1.807) is 18.2 Å². The van der Waals surface area contributed by atoms with Gasteiger partial charge in [0.15, 0.2) is 11.5 Å². The number of nitrogens with one attached hydrogen (secondary N) is 1. The number of hydrogen-bond donors (Lipinski definition) is 2. The first-order valence-corrected chi connectivity index (χ1v) is 7.76. The van der Waals surface area contributed by atoms with Gasteiger partial charge in [-0.25, -0.2) is 0 Å². The highest BCUT2D eigenvalue weighted by Crippen LogP contribution is 2.35. The van der Waals surface area contributed by atoms with Crippen LogP contribution in [0.1, 0.15) is 10.4 Å². The van der Waals surface area contributed by atoms with Gasteiger partial charge in [0, 0.05) is 18.7 Å². The Morgan fingerprint density at radius 3 is 2.85 bits per heavy atom. The third-order valence-electron chi connectivity index (χ3n) is 3.63. The van der Waals surface area contributed by atoms with Crippen molar-refractivity contribution >= 4 is 11.6 Å². The van der Waals surface area contributed by atoms with E-state index in [4.69, 9.17) is 14.2 Å². The van der Waals surface area contributed by atoms with Gasteiger partial charge in [0.1, 0.15) is 24.0 Å². The Morgan fingerprint density at radius 2 is 2.04 bits per heavy atom. The summed E-state index contributed by atoms with van der Waals surface area (Å²) in [5, 5.41) is 23.3. The highest BCUT2D eigenvalue weighted by molar-refractivity contribution is 5.98. The fraction of sp³-hybridized carbons (Fsp3) is 0.235. The van der Waals surface area contributed by atoms with Crippen molar-refractivity contribution in [2.45, 2.75) is 6.10 Å². The maximum atomic E-state index is 12.1. The van der Waals surface area contributed by atoms with Crippen molar-refractivity contribution in [2.75, 3.05) is 19.9 Å². The van der Waals surface area contributed by atoms with Gasteiger partial charge in [-0.05, 0) is 18.2 Å². The number of nitro groups is 1. The number of nitrogens with zero attached hydrogens (tertiary/aromatic N) is 1. The van der Waals surface area contributed by atoms with Crippen LogP contribution in [0.4, 0.5) is 5.69 Å². The van der Waals surface area contributed by atoms with E-state index < -0.39 is 16.9 Å². The number of carbonyl (C=O) groups is 1. The number of para-hydroxylation sites is 1. The Labute approximate surface area is 148 Å². The molecule has 0 fully saturated rings. The summed E-state index contributed by atoms with van der Waals surface area (Å²) in [6.07, 6.45) is -0.993. The van der Waals surface area contributed by atoms with E-state index in [-0.39, 0.29) is 31.2 Å². The summed E-state index contributed by atoms with van der Waals surface area (Å²) in [7, 11) is 0. The lowest BCUT2D eigenvalue weighted by atomic mass is 10.1. The van der Waals surface area contributed by atoms with Crippen molar-refractivity contribution in [2.24, 2.45) is 0 Å². The molecule has 1 atom stereocenters. The van der Waals surface area contributed by atoms with Gasteiger partial charge in [-0.2, -0.15) is 0 Å². The lowest BCUT2D eigenvalue weighted by molar-refractivity contribution is -0.385. The second kappa shape index (κ2) is 7.70. The molecule has 0 saturated heterocycles. The fourth-order valence-corrected chi connectivity index (χ4v) is 2.35. The highest BCUT2D eigenvalue weighted by Gasteiger charge is 2.20. The Kier molecular flexibility index (Phi) is 5.18. The first kappa shape index (κ1) is 17.5. The second-order valence-corrected chi connectivity index (χ2v) is 5.46. The first-order valence-electron chi connectivity index (χ1n) is 7.76. The van der Waals surface area contributed by atoms with Crippen LogP contribution in [0.3, 0.4) is 0 Å². The Balaban J connectivity index is 1.50. The third kappa shape index (κ3) is 4.01. The Bertz CT molecular complexity index is 825. The van der Waals surface area contributed by atoms with E-state index in [0.29, 0.717) is 17.2 Å². The molecule has 0 aliphatic carbocycles. The van der Waals surface area contributed by atoms with E-state index in [1.165, 1.54) is 24.3 Å². The van der Waals surface area contributed by atoms with Gasteiger partial charge >= 0.3 is 0 Å². The molecule has 2 aromatic rings. The van der Waals surface area contributed by atoms with Crippen LogP contribution in [-0.2, 0) is 0 Å². The number of amides is 1. The maximum absolute atomic E-state index is 12.1. The van der Waals surface area contributed by atoms with Crippen LogP contribution in [0.5, 0.6) is 17.2 Å². The maximum Gasteiger partial charge on any atom is 0.282 e. The van der Waals surface area contributed by atoms with Crippen molar-refractivity contribution < 1.29 is 29.0 Å². The minimum absolute atomic E-state index is 0.0682. The molecular formula is C17H16N2O7. The van der Waals surface area contributed by atoms with Gasteiger partial charge in [-0.15, -0.1) is 0 Å². The second-order valence-electron chi connectivity index (χ2n) is 5.46. The molecule has 0 saturated carbocycles. The molecule has 1 unspecified atom stereocenters. The van der Waals surface area contributed by atoms with Crippen molar-refractivity contribution in [3.05, 3.63) is 58.1 Å². The zero-order valence-electron chi connectivity index (χ0n) is 13.6. The van der Waals surface area contributed by atoms with Crippen LogP contribution in [0.15, 0.2) is 42.5 Å². The van der Waals surface area contributed by atoms with E-state index in [1.807, 2.05) is 0 Å². The minimum Gasteiger partial charge on any atom is -0.491 e. The molecule has 2 N–H and O–H groups in total. The van der Waals surface area contributed by atoms with Gasteiger partial charge in [-0.1, -0.05) is 12.1 Å². The molecule has 1 aliphatic heterocycles. The van der Waals surface area contributed by atoms with Gasteiger partial charge in [0.25, 0.3) is 11.6 Å². The molecule has 2 aromatic carbocycles. The number of fused-ring (bicyclic) bond motifs is 1. The minimum atomic E-state index is -0.993. The van der Waals surface area contributed by atoms with Crippen molar-refractivity contribution in [1.82, 2.24) is 5.32 Å². The normalized spacial score (nSPS) is 13.1. The number of aliphatic hydroxyl groups excluding tert-OH is 1. The van der Waals surface area contributed by atoms with Gasteiger partial charge in [0.05, 0.1) is 4.92 Å². The Hall–Kier alpha value is -3.33. The average Bonchev–Trinajstić information content (AvgIpc) is 3.12. The summed E-state index contributed by atoms with van der Waals surface area (Å²) in [6, 6.07) is 10.6. The SMILES string of the molecule is O=C(NCC(O)COc1ccc2c(c1)OCO2)c1ccccc1[N+](=O)[O-]. The zero-order valence-corrected chi connectivity index (χ0v) is 13.6. The summed E-state index contributed by atoms with van der Waals surface area (Å²) in [4.78, 5) is 22.4. The van der Waals surface area contributed by atoms with Crippen LogP contribution in [-0.4, -0.2) is 42.0 Å². The van der Waals surface area contributed by atoms with Crippen LogP contribution in [0.25, 0.3) is 0 Å². The molecule has 1 aliphatic rings. The standard InChI is InChI=1S/C17H16N2O7/c20-11(9-24-12-5-6-15-16(7-12)26-10-25-15)8-18-17(21)13-3-1-2-4-14(13)19(22)23/h1-7,11,20H,8-10H2,(H,18,21). The monoisotopic (exact) mass is 360 g/mol. The molecule has 26 heavy (non-hydrogen) atoms. The molecule has 9 nitrogen and oxygen atoms in total. The number of carbonyl (C=O) groups excluding carboxylic acids is 1. The van der Waals surface area contributed by atoms with Gasteiger partial charge in [0.2, 0.25) is 6.79 Å². The lowest BCUT2D eigenvalue weighted by Crippen LogP contribution is -2.35. The summed E-state index contributed by atoms with van der Waals surface area (Å²) >= 11 is 0. The van der Waals surface area contributed by atoms with Crippen molar-refractivity contribution in [3.63, 3.8) is 0 Å². The highest BCUT2D eigenvalue weighted by atomic mass is 16.7. The van der Waals surface area contributed by atoms with Crippen LogP contribution in [0, 0.1) is 10.1 Å². The number of rotatable bonds is 7. The molecule has 0 spiro atoms. The molecule has 0 aromatic heterocycles. The van der Waals surface area contributed by atoms with E-state index in [0.717, 1.165) is 0 Å². The van der Waals surface area contributed by atoms with Gasteiger partial charge in [-0.3, -0.25) is 14.9 Å². The summed E-state index contributed by atoms with van der Waals surface area (Å²) in [6.45, 7) is -0.0364. The third-order valence-corrected chi connectivity index (χ3v) is 3.63. The predicted molar refractivity (Wildman–Crippen MR) is 89.5 cm³/mol. The number of aliphatic hydroxyl groups is 1. The van der Waals surface area contributed by atoms with Crippen LogP contribution in [0.2, 0.25) is 0 Å². The van der Waals surface area contributed by atoms with E-state index >= 15 is 0 Å². The molecule has 0 bridgehead atoms. The predicted octanol–water partition coefficient (Wildman–Crippen LogP) is 1.49. The Morgan fingerprint density at radius 1 is 1.27 bits per heavy atom. The number of hydrogen-bond acceptors (Lipinski definition) is 7. The summed E-state index contributed by atoms with van der Waals surface area (Å²) in [5.74, 6) is 1.02. The molecule has 3 rings (SSSR count). The average molecular weight is 360 g/mol. The molecule has 9 heteroatoms. The van der Waals surface area contributed by atoms with Crippen molar-refractivity contribution in [3.8, 4) is 17.2 Å². The first-order chi connectivity index (χ1) is 12.5. The number of benzene rings is 2. The quantitative estimate of drug-likeness (QED) is 0.567. The lowest BCUT2D eigenvalue weighted by Gasteiger charge is -2.13. The molecule has 1 amide bonds. The van der Waals surface area contributed by atoms with Crippen LogP contribution >= 0.6 is 0 Å². The number of ether oxygens (including phenoxy) is 3. The largest absolute Gasteiger partial charge is 0.491 e. The van der Waals surface area contributed by atoms with Gasteiger partial charge < -0.3 is 24.6 Å². The number of nitro benzene ring substituents is 1. The smallest absolute Gasteiger partial charge is 0.282 e. The summed E-state index contributed by atoms with van der Waals surface area (Å²) < 4.78 is 15.9. The van der Waals surface area contributed by atoms with Crippen LogP contribution < -0.4 is 19.5 Å². The fourth-order valence-electron chi connectivity index (χ4n) is 2.35. The molecule has 136 valence electrons. The van der Waals surface area contributed by atoms with E-state index in [2.05, 4.69) is 5.32 Å². The molecule has 1 heterocycles. The van der Waals surface area contributed by atoms with Crippen molar-refractivity contribution in [1.29, 1.82) is 0 Å². The molecule has 0 radical (unpaired) electrons. The topological polar surface area (TPSA) is 120 Å². The molecular weight excluding hydrogens is 344 g/mol. The van der Waals surface area contributed by atoms with E-state index in [9.17, 15) is 20.0 Å².